The summed E-state index contributed by atoms with van der Waals surface area (Å²) in [4.78, 5) is 100. The molecule has 3 aliphatic rings. The largest absolute Gasteiger partial charge is 0.439 e. The molecule has 462 valence electrons. The van der Waals surface area contributed by atoms with Crippen molar-refractivity contribution in [1.29, 1.82) is 10.5 Å². The molecule has 0 spiro atoms. The third-order valence-corrected chi connectivity index (χ3v) is 17.0. The highest BCUT2D eigenvalue weighted by atomic mass is 35.5. The second-order valence-electron chi connectivity index (χ2n) is 24.9. The molecule has 6 aromatic rings. The number of ketones is 6. The van der Waals surface area contributed by atoms with E-state index in [1.165, 1.54) is 50.4 Å². The van der Waals surface area contributed by atoms with Crippen LogP contribution in [0.15, 0.2) is 91.1 Å². The lowest BCUT2D eigenvalue weighted by Crippen LogP contribution is -2.59. The number of hydrogen-bond donors (Lipinski definition) is 0. The van der Waals surface area contributed by atoms with Crippen molar-refractivity contribution in [1.82, 2.24) is 15.0 Å². The van der Waals surface area contributed by atoms with Gasteiger partial charge in [0.2, 0.25) is 17.6 Å². The van der Waals surface area contributed by atoms with Gasteiger partial charge in [0.05, 0.1) is 5.56 Å². The number of benzene rings is 3. The number of rotatable bonds is 18. The lowest BCUT2D eigenvalue weighted by Gasteiger charge is -2.45. The van der Waals surface area contributed by atoms with E-state index in [0.29, 0.717) is 45.6 Å². The Bertz CT molecular complexity index is 3960. The van der Waals surface area contributed by atoms with E-state index >= 15 is 14.0 Å². The van der Waals surface area contributed by atoms with Crippen LogP contribution in [0.1, 0.15) is 164 Å². The molecule has 3 aromatic heterocycles. The third kappa shape index (κ3) is 12.9. The molecule has 0 aliphatic carbocycles. The maximum atomic E-state index is 15.5. The highest BCUT2D eigenvalue weighted by Gasteiger charge is 2.58. The average Bonchev–Trinajstić information content (AvgIpc) is 0.825. The summed E-state index contributed by atoms with van der Waals surface area (Å²) in [5.74, 6) is -13.0. The first-order chi connectivity index (χ1) is 41.8. The van der Waals surface area contributed by atoms with E-state index in [-0.39, 0.29) is 73.0 Å². The number of hydrogen-bond acceptors (Lipinski definition) is 17. The van der Waals surface area contributed by atoms with Gasteiger partial charge in [-0.05, 0) is 196 Å². The molecule has 0 amide bonds. The van der Waals surface area contributed by atoms with E-state index in [1.807, 2.05) is 19.1 Å². The molecular weight excluding hydrogens is 1170 g/mol. The van der Waals surface area contributed by atoms with Gasteiger partial charge in [-0.2, -0.15) is 24.3 Å². The van der Waals surface area contributed by atoms with Crippen molar-refractivity contribution in [2.45, 2.75) is 172 Å². The smallest absolute Gasteiger partial charge is 0.260 e. The van der Waals surface area contributed by atoms with Gasteiger partial charge < -0.3 is 28.4 Å². The molecule has 0 bridgehead atoms. The summed E-state index contributed by atoms with van der Waals surface area (Å²) < 4.78 is 81.2. The zero-order chi connectivity index (χ0) is 64.9. The molecule has 3 aromatic carbocycles. The molecule has 3 saturated heterocycles. The summed E-state index contributed by atoms with van der Waals surface area (Å²) in [6, 6.07) is 25.9. The highest BCUT2D eigenvalue weighted by Crippen LogP contribution is 2.47. The van der Waals surface area contributed by atoms with Crippen LogP contribution in [0, 0.1) is 40.2 Å². The number of carbonyl (C=O) groups excluding carboxylic acids is 6. The number of nitrogens with zero attached hydrogens (tertiary/aromatic N) is 5. The van der Waals surface area contributed by atoms with Gasteiger partial charge in [0.15, 0.2) is 40.5 Å². The highest BCUT2D eigenvalue weighted by molar-refractivity contribution is 6.31. The van der Waals surface area contributed by atoms with E-state index in [1.54, 1.807) is 110 Å². The van der Waals surface area contributed by atoms with Crippen LogP contribution in [0.4, 0.5) is 13.2 Å². The van der Waals surface area contributed by atoms with Crippen molar-refractivity contribution in [3.63, 3.8) is 0 Å². The van der Waals surface area contributed by atoms with Crippen molar-refractivity contribution in [3.8, 4) is 47.0 Å². The number of ether oxygens (including phenoxy) is 6. The molecule has 9 rings (SSSR count). The van der Waals surface area contributed by atoms with Gasteiger partial charge in [0, 0.05) is 18.3 Å². The second kappa shape index (κ2) is 24.5. The van der Waals surface area contributed by atoms with E-state index < -0.39 is 115 Å². The normalized spacial score (nSPS) is 22.1. The van der Waals surface area contributed by atoms with Crippen LogP contribution in [-0.4, -0.2) is 83.3 Å². The number of pyridine rings is 3. The van der Waals surface area contributed by atoms with Crippen LogP contribution in [0.3, 0.4) is 0 Å². The van der Waals surface area contributed by atoms with Gasteiger partial charge in [0.1, 0.15) is 91.5 Å². The third-order valence-electron chi connectivity index (χ3n) is 16.6. The molecule has 3 fully saturated rings. The van der Waals surface area contributed by atoms with Crippen molar-refractivity contribution >= 4 is 46.3 Å². The van der Waals surface area contributed by atoms with Crippen molar-refractivity contribution in [3.05, 3.63) is 158 Å². The minimum atomic E-state index is -1.75. The van der Waals surface area contributed by atoms with Gasteiger partial charge in [-0.3, -0.25) is 28.8 Å². The Balaban J connectivity index is 1.03. The molecule has 4 unspecified atom stereocenters. The first kappa shape index (κ1) is 64.9. The zero-order valence-corrected chi connectivity index (χ0v) is 51.7. The molecule has 6 heterocycles. The Morgan fingerprint density at radius 1 is 0.528 bits per heavy atom. The number of nitriles is 2. The van der Waals surface area contributed by atoms with Crippen LogP contribution < -0.4 is 14.2 Å². The summed E-state index contributed by atoms with van der Waals surface area (Å²) in [6.45, 7) is 17.6. The summed E-state index contributed by atoms with van der Waals surface area (Å²) in [5, 5.41) is 17.5. The molecule has 0 saturated carbocycles. The zero-order valence-electron chi connectivity index (χ0n) is 51.0. The van der Waals surface area contributed by atoms with Gasteiger partial charge in [0.25, 0.3) is 11.8 Å². The molecule has 3 aliphatic heterocycles. The number of Topliss-reactive ketones (excluding diaryl/α,β-unsaturated/α-hetero) is 6. The van der Waals surface area contributed by atoms with Crippen LogP contribution in [0.5, 0.6) is 34.9 Å². The van der Waals surface area contributed by atoms with Crippen LogP contribution >= 0.6 is 11.6 Å². The fourth-order valence-electron chi connectivity index (χ4n) is 12.3. The van der Waals surface area contributed by atoms with E-state index in [4.69, 9.17) is 40.0 Å². The predicted molar refractivity (Wildman–Crippen MR) is 316 cm³/mol. The fourth-order valence-corrected chi connectivity index (χ4v) is 12.4. The van der Waals surface area contributed by atoms with Crippen LogP contribution in [-0.2, 0) is 62.2 Å². The minimum Gasteiger partial charge on any atom is -0.439 e. The minimum absolute atomic E-state index is 0.0170. The van der Waals surface area contributed by atoms with E-state index in [9.17, 15) is 38.5 Å². The van der Waals surface area contributed by atoms with Gasteiger partial charge in [-0.25, -0.2) is 14.4 Å². The van der Waals surface area contributed by atoms with Crippen molar-refractivity contribution in [2.75, 3.05) is 0 Å². The Morgan fingerprint density at radius 3 is 1.44 bits per heavy atom. The Hall–Kier alpha value is -8.53. The number of carbonyl (C=O) groups is 6. The maximum absolute atomic E-state index is 15.5. The van der Waals surface area contributed by atoms with E-state index in [0.717, 1.165) is 0 Å². The Morgan fingerprint density at radius 2 is 0.978 bits per heavy atom. The van der Waals surface area contributed by atoms with E-state index in [2.05, 4.69) is 15.0 Å². The molecule has 21 heteroatoms. The van der Waals surface area contributed by atoms with Gasteiger partial charge >= 0.3 is 0 Å². The quantitative estimate of drug-likeness (QED) is 0.0573. The molecule has 0 radical (unpaired) electrons. The summed E-state index contributed by atoms with van der Waals surface area (Å²) in [6.07, 6.45) is 2.39. The van der Waals surface area contributed by atoms with Crippen molar-refractivity contribution < 1.29 is 70.4 Å². The van der Waals surface area contributed by atoms with Gasteiger partial charge in [-0.1, -0.05) is 42.8 Å². The van der Waals surface area contributed by atoms with Crippen molar-refractivity contribution in [2.24, 2.45) is 0 Å². The number of halogens is 4. The summed E-state index contributed by atoms with van der Waals surface area (Å²) in [7, 11) is 0. The molecule has 17 nitrogen and oxygen atoms in total. The monoisotopic (exact) mass is 1240 g/mol. The van der Waals surface area contributed by atoms with Crippen LogP contribution in [0.2, 0.25) is 5.02 Å². The molecule has 89 heavy (non-hydrogen) atoms. The average molecular weight is 1240 g/mol. The van der Waals surface area contributed by atoms with Crippen LogP contribution in [0.25, 0.3) is 0 Å². The predicted octanol–water partition coefficient (Wildman–Crippen LogP) is 13.1. The lowest BCUT2D eigenvalue weighted by molar-refractivity contribution is -0.189. The summed E-state index contributed by atoms with van der Waals surface area (Å²) in [5.41, 5.74) is -6.28. The number of aromatic nitrogens is 3. The fraction of sp³-hybridized carbons (Fsp3) is 0.397. The Labute approximate surface area is 517 Å². The molecular formula is C68H65ClF3N5O12. The topological polar surface area (TPSA) is 244 Å². The summed E-state index contributed by atoms with van der Waals surface area (Å²) >= 11 is 5.78. The first-order valence-corrected chi connectivity index (χ1v) is 29.4. The number of aryl methyl sites for hydroxylation is 3. The molecule has 0 N–H and O–H groups in total. The standard InChI is InChI=1S/C68H65ClF3N5O12/c1-12-37-21-24-41(84-47-27-20-36(33-73)35-75-47)30-44(37)50-57(80)65(6,7)88-67(10,59(50)82)28-15-17-39-23-26-43(86-62-54(71)52(69)53(70)61(72)77-62)32-46(39)51-58(81)66(8,9)89-68(11,60(51)83)29-14-16-38-22-25-42(85-48-19-13-18-40(34-74)76-48)31-45(38)49-55(78)63(2,3)87-64(4,5)56(49)79/h13,18-27,30-32,35,49-51H,12,14-17,28-29H2,1-11H3. The second-order valence-corrected chi connectivity index (χ2v) is 25.2. The SMILES string of the molecule is CCc1ccc(Oc2ccc(C#N)cn2)cc1C1C(=O)C(C)(C)OC(C)(CCCc2ccc(Oc3nc(F)c(F)c(Cl)c3F)cc2C2C(=O)C(C)(C)OC(C)(CCCc3ccc(Oc4cccc(C#N)n4)cc3C3C(=O)C(C)(C)OC(C)(C)C3=O)C2=O)C1=O. The Kier molecular flexibility index (Phi) is 17.8. The molecule has 4 atom stereocenters. The maximum Gasteiger partial charge on any atom is 0.260 e. The van der Waals surface area contributed by atoms with Gasteiger partial charge in [-0.15, -0.1) is 0 Å². The first-order valence-electron chi connectivity index (χ1n) is 29.0. The lowest BCUT2D eigenvalue weighted by atomic mass is 9.70.